The summed E-state index contributed by atoms with van der Waals surface area (Å²) in [5, 5.41) is 10.4. The number of hydrogen-bond acceptors (Lipinski definition) is 5. The summed E-state index contributed by atoms with van der Waals surface area (Å²) >= 11 is 0. The summed E-state index contributed by atoms with van der Waals surface area (Å²) < 4.78 is 5.48. The molecule has 2 aromatic carbocycles. The molecule has 3 N–H and O–H groups in total. The summed E-state index contributed by atoms with van der Waals surface area (Å²) in [6, 6.07) is 19.3. The van der Waals surface area contributed by atoms with Crippen LogP contribution in [-0.2, 0) is 6.54 Å². The summed E-state index contributed by atoms with van der Waals surface area (Å²) in [7, 11) is 1.99. The van der Waals surface area contributed by atoms with Crippen molar-refractivity contribution >= 4 is 5.69 Å². The first kappa shape index (κ1) is 21.4. The first-order valence-corrected chi connectivity index (χ1v) is 10.6. The maximum Gasteiger partial charge on any atom is 0.119 e. The Labute approximate surface area is 175 Å². The molecule has 1 unspecified atom stereocenters. The third-order valence-corrected chi connectivity index (χ3v) is 5.27. The predicted octanol–water partition coefficient (Wildman–Crippen LogP) is 3.81. The second kappa shape index (κ2) is 11.6. The zero-order valence-electron chi connectivity index (χ0n) is 17.6. The van der Waals surface area contributed by atoms with E-state index in [1.54, 1.807) is 0 Å². The van der Waals surface area contributed by atoms with Crippen molar-refractivity contribution in [3.8, 4) is 5.75 Å². The number of anilines is 1. The molecule has 0 saturated carbocycles. The number of ether oxygens (including phenoxy) is 1. The van der Waals surface area contributed by atoms with Crippen molar-refractivity contribution in [1.29, 1.82) is 0 Å². The van der Waals surface area contributed by atoms with Crippen LogP contribution < -0.4 is 20.7 Å². The van der Waals surface area contributed by atoms with Crippen molar-refractivity contribution < 1.29 is 4.74 Å². The van der Waals surface area contributed by atoms with Crippen molar-refractivity contribution in [1.82, 2.24) is 15.5 Å². The zero-order chi connectivity index (χ0) is 20.3. The van der Waals surface area contributed by atoms with Crippen molar-refractivity contribution in [2.75, 3.05) is 32.1 Å². The minimum absolute atomic E-state index is 0.149. The Balaban J connectivity index is 1.40. The fourth-order valence-corrected chi connectivity index (χ4v) is 3.64. The topological polar surface area (TPSA) is 48.6 Å². The Morgan fingerprint density at radius 1 is 1.07 bits per heavy atom. The molecule has 0 radical (unpaired) electrons. The van der Waals surface area contributed by atoms with Crippen LogP contribution in [0.4, 0.5) is 5.69 Å². The highest BCUT2D eigenvalue weighted by Crippen LogP contribution is 2.16. The van der Waals surface area contributed by atoms with E-state index in [9.17, 15) is 0 Å². The van der Waals surface area contributed by atoms with E-state index in [1.165, 1.54) is 18.4 Å². The van der Waals surface area contributed by atoms with E-state index in [1.807, 2.05) is 44.4 Å². The van der Waals surface area contributed by atoms with Gasteiger partial charge in [-0.25, -0.2) is 0 Å². The van der Waals surface area contributed by atoms with Gasteiger partial charge in [0.1, 0.15) is 5.75 Å². The number of nitrogens with zero attached hydrogens (tertiary/aromatic N) is 1. The molecule has 0 bridgehead atoms. The fourth-order valence-electron chi connectivity index (χ4n) is 3.64. The van der Waals surface area contributed by atoms with Gasteiger partial charge in [0.2, 0.25) is 0 Å². The minimum atomic E-state index is 0.149. The molecule has 0 spiro atoms. The number of hydrogen-bond donors (Lipinski definition) is 3. The molecule has 1 fully saturated rings. The first-order valence-electron chi connectivity index (χ1n) is 10.6. The lowest BCUT2D eigenvalue weighted by molar-refractivity contribution is 0.185. The van der Waals surface area contributed by atoms with E-state index in [0.717, 1.165) is 31.1 Å². The average molecular weight is 395 g/mol. The lowest BCUT2D eigenvalue weighted by atomic mass is 10.0. The highest BCUT2D eigenvalue weighted by molar-refractivity contribution is 5.48. The van der Waals surface area contributed by atoms with E-state index in [2.05, 4.69) is 57.3 Å². The number of nitrogens with one attached hydrogen (secondary N) is 3. The average Bonchev–Trinajstić information content (AvgIpc) is 2.76. The molecular formula is C24H34N4O. The van der Waals surface area contributed by atoms with Crippen LogP contribution >= 0.6 is 0 Å². The van der Waals surface area contributed by atoms with Gasteiger partial charge in [0.15, 0.2) is 0 Å². The van der Waals surface area contributed by atoms with Crippen LogP contribution in [0.5, 0.6) is 5.75 Å². The summed E-state index contributed by atoms with van der Waals surface area (Å²) in [5.74, 6) is 0.899. The van der Waals surface area contributed by atoms with Crippen LogP contribution in [0.15, 0.2) is 66.9 Å². The molecule has 2 aromatic rings. The molecule has 0 aromatic heterocycles. The van der Waals surface area contributed by atoms with Gasteiger partial charge in [-0.15, -0.1) is 0 Å². The summed E-state index contributed by atoms with van der Waals surface area (Å²) in [4.78, 5) is 2.55. The summed E-state index contributed by atoms with van der Waals surface area (Å²) in [5.41, 5.74) is 2.45. The van der Waals surface area contributed by atoms with E-state index < -0.39 is 0 Å². The molecule has 1 aliphatic heterocycles. The number of likely N-dealkylation sites (N-methyl/N-ethyl adjacent to an activating group) is 1. The van der Waals surface area contributed by atoms with Gasteiger partial charge in [-0.2, -0.15) is 0 Å². The van der Waals surface area contributed by atoms with E-state index in [-0.39, 0.29) is 6.17 Å². The molecule has 5 nitrogen and oxygen atoms in total. The molecule has 29 heavy (non-hydrogen) atoms. The van der Waals surface area contributed by atoms with Crippen LogP contribution in [-0.4, -0.2) is 43.9 Å². The van der Waals surface area contributed by atoms with Gasteiger partial charge in [0.05, 0.1) is 12.8 Å². The highest BCUT2D eigenvalue weighted by Gasteiger charge is 2.20. The minimum Gasteiger partial charge on any atom is -0.494 e. The SMILES string of the molecule is CCOc1ccc(N/C=C\C(NC)NC2CCN(Cc3ccccc3)CC2)cc1. The number of likely N-dealkylation sites (tertiary alicyclic amines) is 1. The standard InChI is InChI=1S/C24H34N4O/c1-3-29-23-11-9-21(10-12-23)26-16-13-24(25-2)27-22-14-17-28(18-15-22)19-20-7-5-4-6-8-20/h4-13,16,22,24-27H,3,14-15,17-19H2,1-2H3/b16-13-. The maximum atomic E-state index is 5.48. The van der Waals surface area contributed by atoms with Crippen LogP contribution in [0.25, 0.3) is 0 Å². The maximum absolute atomic E-state index is 5.48. The summed E-state index contributed by atoms with van der Waals surface area (Å²) in [6.45, 7) is 6.00. The van der Waals surface area contributed by atoms with Crippen molar-refractivity contribution in [2.45, 2.75) is 38.5 Å². The van der Waals surface area contributed by atoms with Gasteiger partial charge >= 0.3 is 0 Å². The Morgan fingerprint density at radius 3 is 2.45 bits per heavy atom. The van der Waals surface area contributed by atoms with Gasteiger partial charge in [-0.1, -0.05) is 30.3 Å². The molecule has 5 heteroatoms. The Kier molecular flexibility index (Phi) is 8.56. The zero-order valence-corrected chi connectivity index (χ0v) is 17.6. The van der Waals surface area contributed by atoms with Crippen LogP contribution in [0.3, 0.4) is 0 Å². The normalized spacial score (nSPS) is 16.8. The number of benzene rings is 2. The lowest BCUT2D eigenvalue weighted by Gasteiger charge is -2.34. The summed E-state index contributed by atoms with van der Waals surface area (Å²) in [6.07, 6.45) is 6.62. The van der Waals surface area contributed by atoms with Gasteiger partial charge in [-0.05, 0) is 82.0 Å². The Bertz CT molecular complexity index is 724. The molecule has 1 heterocycles. The lowest BCUT2D eigenvalue weighted by Crippen LogP contribution is -2.49. The third kappa shape index (κ3) is 7.20. The largest absolute Gasteiger partial charge is 0.494 e. The second-order valence-corrected chi connectivity index (χ2v) is 7.43. The number of rotatable bonds is 10. The van der Waals surface area contributed by atoms with E-state index >= 15 is 0 Å². The molecule has 156 valence electrons. The van der Waals surface area contributed by atoms with Gasteiger partial charge in [0, 0.05) is 18.3 Å². The molecule has 1 saturated heterocycles. The third-order valence-electron chi connectivity index (χ3n) is 5.27. The van der Waals surface area contributed by atoms with Crippen molar-refractivity contribution in [3.05, 3.63) is 72.4 Å². The van der Waals surface area contributed by atoms with Gasteiger partial charge in [0.25, 0.3) is 0 Å². The van der Waals surface area contributed by atoms with Crippen LogP contribution in [0.2, 0.25) is 0 Å². The van der Waals surface area contributed by atoms with Crippen LogP contribution in [0, 0.1) is 0 Å². The molecule has 1 aliphatic rings. The first-order chi connectivity index (χ1) is 14.3. The smallest absolute Gasteiger partial charge is 0.119 e. The molecular weight excluding hydrogens is 360 g/mol. The van der Waals surface area contributed by atoms with Crippen molar-refractivity contribution in [3.63, 3.8) is 0 Å². The Morgan fingerprint density at radius 2 is 1.79 bits per heavy atom. The fraction of sp³-hybridized carbons (Fsp3) is 0.417. The molecule has 1 atom stereocenters. The highest BCUT2D eigenvalue weighted by atomic mass is 16.5. The van der Waals surface area contributed by atoms with Gasteiger partial charge < -0.3 is 15.4 Å². The predicted molar refractivity (Wildman–Crippen MR) is 121 cm³/mol. The molecule has 3 rings (SSSR count). The quantitative estimate of drug-likeness (QED) is 0.535. The number of piperidine rings is 1. The monoisotopic (exact) mass is 394 g/mol. The molecule has 0 aliphatic carbocycles. The van der Waals surface area contributed by atoms with Crippen LogP contribution in [0.1, 0.15) is 25.3 Å². The van der Waals surface area contributed by atoms with Gasteiger partial charge in [-0.3, -0.25) is 10.2 Å². The van der Waals surface area contributed by atoms with E-state index in [0.29, 0.717) is 12.6 Å². The second-order valence-electron chi connectivity index (χ2n) is 7.43. The van der Waals surface area contributed by atoms with Crippen molar-refractivity contribution in [2.24, 2.45) is 0 Å². The van der Waals surface area contributed by atoms with E-state index in [4.69, 9.17) is 4.74 Å². The molecule has 0 amide bonds. The Hall–Kier alpha value is -2.34.